The number of nitrogens with zero attached hydrogens (tertiary/aromatic N) is 5. The van der Waals surface area contributed by atoms with E-state index in [1.54, 1.807) is 12.4 Å². The molecule has 168 valence electrons. The fraction of sp³-hybridized carbons (Fsp3) is 0.0323. The molecule has 36 heavy (non-hydrogen) atoms. The van der Waals surface area contributed by atoms with Gasteiger partial charge in [0.1, 0.15) is 12.1 Å². The van der Waals surface area contributed by atoms with E-state index in [1.165, 1.54) is 5.56 Å². The molecule has 0 saturated heterocycles. The zero-order valence-electron chi connectivity index (χ0n) is 19.5. The average Bonchev–Trinajstić information content (AvgIpc) is 3.26. The van der Waals surface area contributed by atoms with Gasteiger partial charge in [-0.3, -0.25) is 0 Å². The highest BCUT2D eigenvalue weighted by atomic mass is 15.0. The molecule has 0 aliphatic rings. The van der Waals surface area contributed by atoms with Crippen LogP contribution in [0.15, 0.2) is 97.3 Å². The maximum atomic E-state index is 10.1. The molecule has 0 spiro atoms. The lowest BCUT2D eigenvalue weighted by Gasteiger charge is -2.12. The highest BCUT2D eigenvalue weighted by molar-refractivity contribution is 6.10. The van der Waals surface area contributed by atoms with Crippen LogP contribution in [0.25, 0.3) is 49.7 Å². The summed E-state index contributed by atoms with van der Waals surface area (Å²) in [6.07, 6.45) is 3.21. The molecule has 2 aromatic heterocycles. The minimum absolute atomic E-state index is 0.116. The third kappa shape index (κ3) is 3.48. The zero-order chi connectivity index (χ0) is 24.6. The normalized spacial score (nSPS) is 10.9. The summed E-state index contributed by atoms with van der Waals surface area (Å²) in [7, 11) is 0. The monoisotopic (exact) mass is 461 g/mol. The molecule has 0 atom stereocenters. The van der Waals surface area contributed by atoms with Gasteiger partial charge < -0.3 is 4.57 Å². The van der Waals surface area contributed by atoms with E-state index in [2.05, 4.69) is 82.1 Å². The Morgan fingerprint density at radius 3 is 2.14 bits per heavy atom. The van der Waals surface area contributed by atoms with Gasteiger partial charge in [-0.15, -0.1) is 0 Å². The smallest absolute Gasteiger partial charge is 0.232 e. The van der Waals surface area contributed by atoms with Gasteiger partial charge in [0, 0.05) is 28.7 Å². The Hall–Kier alpha value is -5.26. The number of hydrogen-bond donors (Lipinski definition) is 0. The molecule has 5 heteroatoms. The molecule has 4 aromatic carbocycles. The Kier molecular flexibility index (Phi) is 5.03. The van der Waals surface area contributed by atoms with Crippen LogP contribution in [0.4, 0.5) is 0 Å². The molecule has 0 unspecified atom stereocenters. The Labute approximate surface area is 208 Å². The van der Waals surface area contributed by atoms with Crippen molar-refractivity contribution in [2.24, 2.45) is 0 Å². The van der Waals surface area contributed by atoms with Gasteiger partial charge in [-0.25, -0.2) is 9.97 Å². The number of aromatic nitrogens is 3. The van der Waals surface area contributed by atoms with Crippen molar-refractivity contribution in [3.05, 3.63) is 114 Å². The lowest BCUT2D eigenvalue weighted by atomic mass is 10.0. The maximum Gasteiger partial charge on any atom is 0.232 e. The summed E-state index contributed by atoms with van der Waals surface area (Å²) >= 11 is 0. The van der Waals surface area contributed by atoms with Crippen molar-refractivity contribution in [3.63, 3.8) is 0 Å². The highest BCUT2D eigenvalue weighted by Gasteiger charge is 2.16. The fourth-order valence-electron chi connectivity index (χ4n) is 4.77. The first kappa shape index (κ1) is 21.3. The van der Waals surface area contributed by atoms with Crippen LogP contribution in [0.2, 0.25) is 0 Å². The first-order valence-corrected chi connectivity index (χ1v) is 11.5. The van der Waals surface area contributed by atoms with Crippen LogP contribution in [0.3, 0.4) is 0 Å². The number of para-hydroxylation sites is 1. The van der Waals surface area contributed by atoms with Gasteiger partial charge in [-0.05, 0) is 47.9 Å². The number of benzene rings is 4. The van der Waals surface area contributed by atoms with E-state index in [-0.39, 0.29) is 5.82 Å². The topological polar surface area (TPSA) is 78.3 Å². The van der Waals surface area contributed by atoms with Gasteiger partial charge in [0.2, 0.25) is 5.82 Å². The molecule has 0 aliphatic carbocycles. The SMILES string of the molecule is Cc1cccc(-c2ccc3c4ccccc4n(-c4ccc(-c5cnc(C#N)nc5)cc4C#N)c3c2)c1. The summed E-state index contributed by atoms with van der Waals surface area (Å²) in [5.41, 5.74) is 8.50. The van der Waals surface area contributed by atoms with Gasteiger partial charge in [-0.1, -0.05) is 66.2 Å². The summed E-state index contributed by atoms with van der Waals surface area (Å²) in [6, 6.07) is 33.4. The molecule has 0 fully saturated rings. The second-order valence-electron chi connectivity index (χ2n) is 8.70. The Bertz CT molecular complexity index is 1860. The second kappa shape index (κ2) is 8.51. The van der Waals surface area contributed by atoms with Crippen molar-refractivity contribution in [1.29, 1.82) is 10.5 Å². The van der Waals surface area contributed by atoms with Gasteiger partial charge in [-0.2, -0.15) is 10.5 Å². The lowest BCUT2D eigenvalue weighted by molar-refractivity contribution is 1.11. The second-order valence-corrected chi connectivity index (χ2v) is 8.70. The van der Waals surface area contributed by atoms with Crippen molar-refractivity contribution in [1.82, 2.24) is 14.5 Å². The summed E-state index contributed by atoms with van der Waals surface area (Å²) < 4.78 is 2.17. The van der Waals surface area contributed by atoms with Crippen LogP contribution in [0.5, 0.6) is 0 Å². The molecule has 0 N–H and O–H groups in total. The minimum Gasteiger partial charge on any atom is -0.308 e. The summed E-state index contributed by atoms with van der Waals surface area (Å²) in [5.74, 6) is 0.116. The van der Waals surface area contributed by atoms with Crippen LogP contribution >= 0.6 is 0 Å². The van der Waals surface area contributed by atoms with Crippen LogP contribution in [-0.4, -0.2) is 14.5 Å². The standard InChI is InChI=1S/C31H19N5/c1-20-5-4-6-21(13-20)23-9-11-27-26-7-2-3-8-29(26)36(30(27)15-23)28-12-10-22(14-24(28)16-32)25-18-34-31(17-33)35-19-25/h2-15,18-19H,1H3. The largest absolute Gasteiger partial charge is 0.308 e. The Morgan fingerprint density at radius 1 is 0.639 bits per heavy atom. The molecule has 0 aliphatic heterocycles. The number of nitriles is 2. The molecule has 6 aromatic rings. The predicted octanol–water partition coefficient (Wildman–Crippen LogP) is 6.96. The number of aryl methyl sites for hydroxylation is 1. The van der Waals surface area contributed by atoms with Crippen molar-refractivity contribution < 1.29 is 0 Å². The van der Waals surface area contributed by atoms with E-state index < -0.39 is 0 Å². The van der Waals surface area contributed by atoms with E-state index in [0.29, 0.717) is 5.56 Å². The van der Waals surface area contributed by atoms with E-state index in [1.807, 2.05) is 36.4 Å². The third-order valence-corrected chi connectivity index (χ3v) is 6.47. The van der Waals surface area contributed by atoms with E-state index in [4.69, 9.17) is 5.26 Å². The van der Waals surface area contributed by atoms with Crippen molar-refractivity contribution in [2.45, 2.75) is 6.92 Å². The maximum absolute atomic E-state index is 10.1. The molecule has 0 bridgehead atoms. The van der Waals surface area contributed by atoms with E-state index >= 15 is 0 Å². The van der Waals surface area contributed by atoms with Gasteiger partial charge in [0.15, 0.2) is 0 Å². The molecule has 0 amide bonds. The van der Waals surface area contributed by atoms with Crippen molar-refractivity contribution >= 4 is 21.8 Å². The van der Waals surface area contributed by atoms with Crippen molar-refractivity contribution in [3.8, 4) is 40.1 Å². The number of rotatable bonds is 3. The highest BCUT2D eigenvalue weighted by Crippen LogP contribution is 2.36. The van der Waals surface area contributed by atoms with Gasteiger partial charge in [0.25, 0.3) is 0 Å². The Morgan fingerprint density at radius 2 is 1.36 bits per heavy atom. The zero-order valence-corrected chi connectivity index (χ0v) is 19.5. The van der Waals surface area contributed by atoms with Crippen LogP contribution in [0.1, 0.15) is 17.0 Å². The molecule has 5 nitrogen and oxygen atoms in total. The summed E-state index contributed by atoms with van der Waals surface area (Å²) in [4.78, 5) is 8.14. The average molecular weight is 462 g/mol. The molecular formula is C31H19N5. The minimum atomic E-state index is 0.116. The Balaban J connectivity index is 1.59. The van der Waals surface area contributed by atoms with Crippen LogP contribution in [-0.2, 0) is 0 Å². The summed E-state index contributed by atoms with van der Waals surface area (Å²) in [6.45, 7) is 2.10. The first-order chi connectivity index (χ1) is 17.7. The third-order valence-electron chi connectivity index (χ3n) is 6.47. The van der Waals surface area contributed by atoms with E-state index in [0.717, 1.165) is 49.7 Å². The number of fused-ring (bicyclic) bond motifs is 3. The van der Waals surface area contributed by atoms with E-state index in [9.17, 15) is 5.26 Å². The molecule has 0 saturated carbocycles. The van der Waals surface area contributed by atoms with Gasteiger partial charge >= 0.3 is 0 Å². The first-order valence-electron chi connectivity index (χ1n) is 11.5. The fourth-order valence-corrected chi connectivity index (χ4v) is 4.77. The van der Waals surface area contributed by atoms with Crippen LogP contribution < -0.4 is 0 Å². The molecule has 6 rings (SSSR count). The molecule has 0 radical (unpaired) electrons. The molecule has 2 heterocycles. The lowest BCUT2D eigenvalue weighted by Crippen LogP contribution is -1.98. The van der Waals surface area contributed by atoms with Crippen LogP contribution in [0, 0.1) is 29.6 Å². The van der Waals surface area contributed by atoms with Gasteiger partial charge in [0.05, 0.1) is 22.3 Å². The van der Waals surface area contributed by atoms with Crippen molar-refractivity contribution in [2.75, 3.05) is 0 Å². The summed E-state index contributed by atoms with van der Waals surface area (Å²) in [5, 5.41) is 21.4. The quantitative estimate of drug-likeness (QED) is 0.285. The number of hydrogen-bond acceptors (Lipinski definition) is 4. The molecular weight excluding hydrogens is 442 g/mol. The predicted molar refractivity (Wildman–Crippen MR) is 141 cm³/mol.